The number of anilines is 1. The van der Waals surface area contributed by atoms with Crippen LogP contribution in [0.5, 0.6) is 5.75 Å². The molecule has 0 radical (unpaired) electrons. The van der Waals surface area contributed by atoms with Gasteiger partial charge >= 0.3 is 0 Å². The van der Waals surface area contributed by atoms with Crippen LogP contribution in [0.3, 0.4) is 0 Å². The number of carbonyl (C=O) groups excluding carboxylic acids is 1. The second kappa shape index (κ2) is 9.96. The average molecular weight is 468 g/mol. The zero-order valence-electron chi connectivity index (χ0n) is 19.9. The summed E-state index contributed by atoms with van der Waals surface area (Å²) in [5.74, 6) is 0.223. The van der Waals surface area contributed by atoms with E-state index in [1.807, 2.05) is 30.3 Å². The van der Waals surface area contributed by atoms with Gasteiger partial charge in [0.15, 0.2) is 11.5 Å². The first kappa shape index (κ1) is 23.9. The van der Waals surface area contributed by atoms with Crippen molar-refractivity contribution in [2.75, 3.05) is 44.7 Å². The predicted molar refractivity (Wildman–Crippen MR) is 130 cm³/mol. The lowest BCUT2D eigenvalue weighted by molar-refractivity contribution is -0.126. The third kappa shape index (κ3) is 5.46. The van der Waals surface area contributed by atoms with Crippen LogP contribution in [0.4, 0.5) is 5.69 Å². The summed E-state index contributed by atoms with van der Waals surface area (Å²) in [5.41, 5.74) is 7.39. The lowest BCUT2D eigenvalue weighted by Gasteiger charge is -2.34. The number of fused-ring (bicyclic) bond motifs is 1. The van der Waals surface area contributed by atoms with Crippen molar-refractivity contribution in [2.24, 2.45) is 5.73 Å². The Morgan fingerprint density at radius 1 is 1.21 bits per heavy atom. The van der Waals surface area contributed by atoms with Gasteiger partial charge in [-0.1, -0.05) is 30.3 Å². The van der Waals surface area contributed by atoms with Crippen LogP contribution in [0.15, 0.2) is 42.6 Å². The Bertz CT molecular complexity index is 1120. The molecule has 1 aliphatic heterocycles. The van der Waals surface area contributed by atoms with Crippen molar-refractivity contribution in [1.29, 1.82) is 0 Å². The van der Waals surface area contributed by atoms with Crippen LogP contribution >= 0.6 is 0 Å². The molecule has 34 heavy (non-hydrogen) atoms. The quantitative estimate of drug-likeness (QED) is 0.453. The first-order valence-electron chi connectivity index (χ1n) is 11.4. The van der Waals surface area contributed by atoms with Gasteiger partial charge in [0.25, 0.3) is 0 Å². The Labute approximate surface area is 199 Å². The maximum absolute atomic E-state index is 12.7. The largest absolute Gasteiger partial charge is 0.506 e. The van der Waals surface area contributed by atoms with Crippen LogP contribution in [0.25, 0.3) is 5.65 Å². The van der Waals surface area contributed by atoms with Crippen LogP contribution in [0.1, 0.15) is 31.3 Å². The Hall–Kier alpha value is -3.21. The zero-order chi connectivity index (χ0) is 24.3. The molecule has 3 heterocycles. The number of amides is 1. The van der Waals surface area contributed by atoms with Crippen molar-refractivity contribution in [3.63, 3.8) is 0 Å². The fourth-order valence-electron chi connectivity index (χ4n) is 3.89. The molecule has 10 heteroatoms. The molecular weight excluding hydrogens is 434 g/mol. The van der Waals surface area contributed by atoms with Crippen molar-refractivity contribution >= 4 is 17.2 Å². The van der Waals surface area contributed by atoms with Gasteiger partial charge in [-0.05, 0) is 26.5 Å². The molecule has 4 N–H and O–H groups in total. The van der Waals surface area contributed by atoms with Gasteiger partial charge in [0, 0.05) is 32.2 Å². The Kier molecular flexibility index (Phi) is 7.01. The molecule has 1 aliphatic rings. The van der Waals surface area contributed by atoms with Crippen LogP contribution in [-0.2, 0) is 16.1 Å². The van der Waals surface area contributed by atoms with E-state index in [0.29, 0.717) is 18.1 Å². The maximum atomic E-state index is 12.7. The molecule has 0 bridgehead atoms. The predicted octanol–water partition coefficient (Wildman–Crippen LogP) is 1.30. The number of benzene rings is 1. The monoisotopic (exact) mass is 467 g/mol. The van der Waals surface area contributed by atoms with Crippen molar-refractivity contribution in [2.45, 2.75) is 32.0 Å². The van der Waals surface area contributed by atoms with E-state index >= 15 is 0 Å². The average Bonchev–Trinajstić information content (AvgIpc) is 3.22. The number of nitrogens with two attached hydrogens (primary N) is 1. The lowest BCUT2D eigenvalue weighted by atomic mass is 10.1. The minimum absolute atomic E-state index is 0.0944. The molecule has 1 fully saturated rings. The molecule has 2 aromatic heterocycles. The molecule has 10 nitrogen and oxygen atoms in total. The van der Waals surface area contributed by atoms with Crippen molar-refractivity contribution in [3.8, 4) is 5.75 Å². The summed E-state index contributed by atoms with van der Waals surface area (Å²) in [7, 11) is 2.09. The Morgan fingerprint density at radius 3 is 2.59 bits per heavy atom. The molecular formula is C24H33N7O3. The maximum Gasteiger partial charge on any atom is 0.240 e. The number of hydrogen-bond donors (Lipinski definition) is 3. The molecule has 3 aromatic rings. The minimum atomic E-state index is -1.08. The number of hydrogen-bond acceptors (Lipinski definition) is 8. The van der Waals surface area contributed by atoms with Crippen LogP contribution in [0, 0.1) is 0 Å². The Balaban J connectivity index is 1.63. The first-order chi connectivity index (χ1) is 16.2. The summed E-state index contributed by atoms with van der Waals surface area (Å²) in [6, 6.07) is 10.9. The van der Waals surface area contributed by atoms with E-state index in [1.165, 1.54) is 0 Å². The Morgan fingerprint density at radius 2 is 1.91 bits per heavy atom. The van der Waals surface area contributed by atoms with Gasteiger partial charge in [-0.15, -0.1) is 10.2 Å². The first-order valence-corrected chi connectivity index (χ1v) is 11.4. The molecule has 0 saturated carbocycles. The molecule has 1 atom stereocenters. The molecule has 1 saturated heterocycles. The van der Waals surface area contributed by atoms with Gasteiger partial charge in [-0.3, -0.25) is 9.20 Å². The fourth-order valence-corrected chi connectivity index (χ4v) is 3.89. The smallest absolute Gasteiger partial charge is 0.240 e. The highest BCUT2D eigenvalue weighted by molar-refractivity contribution is 5.85. The van der Waals surface area contributed by atoms with Crippen molar-refractivity contribution in [3.05, 3.63) is 54.0 Å². The number of ether oxygens (including phenoxy) is 1. The summed E-state index contributed by atoms with van der Waals surface area (Å²) in [4.78, 5) is 17.2. The number of rotatable bonds is 8. The minimum Gasteiger partial charge on any atom is -0.506 e. The SMILES string of the molecule is CN1CCN(c2cc(O)cn3c([C@@H](COCc4ccccc4)NC(=O)C(C)(C)N)nnc23)CC1. The topological polar surface area (TPSA) is 121 Å². The summed E-state index contributed by atoms with van der Waals surface area (Å²) >= 11 is 0. The molecule has 0 aliphatic carbocycles. The van der Waals surface area contributed by atoms with Gasteiger partial charge in [0.05, 0.1) is 30.6 Å². The van der Waals surface area contributed by atoms with Gasteiger partial charge in [0.2, 0.25) is 5.91 Å². The third-order valence-corrected chi connectivity index (χ3v) is 5.94. The molecule has 0 unspecified atom stereocenters. The van der Waals surface area contributed by atoms with Crippen molar-refractivity contribution in [1.82, 2.24) is 24.8 Å². The molecule has 1 amide bonds. The summed E-state index contributed by atoms with van der Waals surface area (Å²) in [6.07, 6.45) is 1.56. The van der Waals surface area contributed by atoms with E-state index in [4.69, 9.17) is 10.5 Å². The third-order valence-electron chi connectivity index (χ3n) is 5.94. The number of pyridine rings is 1. The van der Waals surface area contributed by atoms with Gasteiger partial charge in [-0.2, -0.15) is 0 Å². The zero-order valence-corrected chi connectivity index (χ0v) is 19.9. The van der Waals surface area contributed by atoms with Crippen molar-refractivity contribution < 1.29 is 14.6 Å². The van der Waals surface area contributed by atoms with Crippen LogP contribution < -0.4 is 16.0 Å². The van der Waals surface area contributed by atoms with Gasteiger partial charge < -0.3 is 30.7 Å². The number of nitrogens with zero attached hydrogens (tertiary/aromatic N) is 5. The van der Waals surface area contributed by atoms with E-state index in [9.17, 15) is 9.90 Å². The van der Waals surface area contributed by atoms with Crippen LogP contribution in [0.2, 0.25) is 0 Å². The number of piperazine rings is 1. The highest BCUT2D eigenvalue weighted by atomic mass is 16.5. The number of aromatic hydroxyl groups is 1. The lowest BCUT2D eigenvalue weighted by Crippen LogP contribution is -2.51. The highest BCUT2D eigenvalue weighted by Crippen LogP contribution is 2.28. The number of carbonyl (C=O) groups is 1. The van der Waals surface area contributed by atoms with Gasteiger partial charge in [-0.25, -0.2) is 0 Å². The molecule has 4 rings (SSSR count). The van der Waals surface area contributed by atoms with Crippen LogP contribution in [-0.4, -0.2) is 75.9 Å². The molecule has 1 aromatic carbocycles. The second-order valence-corrected chi connectivity index (χ2v) is 9.37. The van der Waals surface area contributed by atoms with E-state index in [0.717, 1.165) is 37.4 Å². The highest BCUT2D eigenvalue weighted by Gasteiger charge is 2.29. The summed E-state index contributed by atoms with van der Waals surface area (Å²) in [6.45, 7) is 7.30. The summed E-state index contributed by atoms with van der Waals surface area (Å²) in [5, 5.41) is 22.3. The normalized spacial score (nSPS) is 16.1. The summed E-state index contributed by atoms with van der Waals surface area (Å²) < 4.78 is 7.67. The van der Waals surface area contributed by atoms with E-state index in [2.05, 4.69) is 32.4 Å². The second-order valence-electron chi connectivity index (χ2n) is 9.37. The fraction of sp³-hybridized carbons (Fsp3) is 0.458. The van der Waals surface area contributed by atoms with E-state index < -0.39 is 11.6 Å². The molecule has 182 valence electrons. The number of aromatic nitrogens is 3. The number of likely N-dealkylation sites (N-methyl/N-ethyl adjacent to an activating group) is 1. The van der Waals surface area contributed by atoms with Gasteiger partial charge in [0.1, 0.15) is 11.8 Å². The number of nitrogens with one attached hydrogen (secondary N) is 1. The standard InChI is InChI=1S/C24H33N7O3/c1-24(2,25)23(33)26-19(16-34-15-17-7-5-4-6-8-17)21-27-28-22-20(13-18(32)14-31(21)22)30-11-9-29(3)10-12-30/h4-8,13-14,19,32H,9-12,15-16,25H2,1-3H3,(H,26,33)/t19-/m1/s1. The molecule has 0 spiro atoms. The van der Waals surface area contributed by atoms with E-state index in [-0.39, 0.29) is 18.3 Å². The van der Waals surface area contributed by atoms with E-state index in [1.54, 1.807) is 30.5 Å².